The number of carbonyl (C=O) groups is 1. The maximum Gasteiger partial charge on any atom is 0.192 e. The molecule has 1 aliphatic carbocycles. The number of hydrogen-bond acceptors (Lipinski definition) is 4. The van der Waals surface area contributed by atoms with Crippen LogP contribution >= 0.6 is 0 Å². The van der Waals surface area contributed by atoms with Crippen LogP contribution in [0.3, 0.4) is 0 Å². The number of nitrogens with zero attached hydrogens (tertiary/aromatic N) is 2. The molecule has 0 unspecified atom stereocenters. The fourth-order valence-corrected chi connectivity index (χ4v) is 5.54. The van der Waals surface area contributed by atoms with Gasteiger partial charge in [-0.3, -0.25) is 4.79 Å². The van der Waals surface area contributed by atoms with E-state index >= 15 is 0 Å². The van der Waals surface area contributed by atoms with Crippen molar-refractivity contribution in [2.75, 3.05) is 6.61 Å². The molecule has 0 N–H and O–H groups in total. The molecule has 2 atom stereocenters. The van der Waals surface area contributed by atoms with E-state index in [1.165, 1.54) is 0 Å². The smallest absolute Gasteiger partial charge is 0.192 e. The fraction of sp³-hybridized carbons (Fsp3) is 0.577. The minimum atomic E-state index is -2.15. The molecule has 1 aromatic carbocycles. The van der Waals surface area contributed by atoms with E-state index in [1.807, 2.05) is 30.3 Å². The first-order valence-electron chi connectivity index (χ1n) is 11.2. The minimum absolute atomic E-state index is 0.00316. The average Bonchev–Trinajstić information content (AvgIpc) is 2.73. The summed E-state index contributed by atoms with van der Waals surface area (Å²) in [7, 11) is -2.15. The van der Waals surface area contributed by atoms with Gasteiger partial charge in [-0.05, 0) is 43.0 Å². The molecule has 31 heavy (non-hydrogen) atoms. The molecular formula is C26H36N2O2Si. The molecule has 1 aromatic rings. The second-order valence-corrected chi connectivity index (χ2v) is 15.2. The Morgan fingerprint density at radius 3 is 2.29 bits per heavy atom. The van der Waals surface area contributed by atoms with Gasteiger partial charge < -0.3 is 4.43 Å². The van der Waals surface area contributed by atoms with Crippen molar-refractivity contribution in [3.05, 3.63) is 48.6 Å². The number of ketones is 1. The number of rotatable bonds is 8. The van der Waals surface area contributed by atoms with Gasteiger partial charge in [0.2, 0.25) is 0 Å². The maximum atomic E-state index is 13.7. The van der Waals surface area contributed by atoms with Crippen LogP contribution in [-0.2, 0) is 9.22 Å². The van der Waals surface area contributed by atoms with Gasteiger partial charge in [-0.1, -0.05) is 63.6 Å². The van der Waals surface area contributed by atoms with Gasteiger partial charge in [0.15, 0.2) is 13.7 Å². The summed E-state index contributed by atoms with van der Waals surface area (Å²) in [6.45, 7) is 14.9. The zero-order valence-electron chi connectivity index (χ0n) is 19.7. The van der Waals surface area contributed by atoms with Gasteiger partial charge in [0.25, 0.3) is 0 Å². The number of carbonyl (C=O) groups excluding carboxylic acids is 1. The summed E-state index contributed by atoms with van der Waals surface area (Å²) in [4.78, 5) is 13.7. The topological polar surface area (TPSA) is 73.9 Å². The fourth-order valence-electron chi connectivity index (χ4n) is 4.49. The second kappa shape index (κ2) is 9.51. The third-order valence-electron chi connectivity index (χ3n) is 7.37. The molecule has 0 heterocycles. The van der Waals surface area contributed by atoms with Crippen LogP contribution in [0.5, 0.6) is 0 Å². The number of allylic oxidation sites excluding steroid dienone is 1. The molecule has 5 heteroatoms. The van der Waals surface area contributed by atoms with Gasteiger partial charge in [-0.2, -0.15) is 10.5 Å². The Bertz CT molecular complexity index is 859. The largest absolute Gasteiger partial charge is 0.416 e. The van der Waals surface area contributed by atoms with Gasteiger partial charge in [0.1, 0.15) is 5.78 Å². The molecule has 1 saturated carbocycles. The van der Waals surface area contributed by atoms with Gasteiger partial charge in [0, 0.05) is 18.9 Å². The first kappa shape index (κ1) is 25.1. The Hall–Kier alpha value is -2.21. The SMILES string of the molecule is C=CCC(C#N)(C#N)[C@H](c1ccccc1)[C@@]1(CO[Si](C)(C)C(C)(C)C)CCCCC1=O. The van der Waals surface area contributed by atoms with Crippen molar-refractivity contribution in [3.63, 3.8) is 0 Å². The van der Waals surface area contributed by atoms with E-state index in [4.69, 9.17) is 4.43 Å². The molecule has 0 radical (unpaired) electrons. The highest BCUT2D eigenvalue weighted by Crippen LogP contribution is 2.55. The molecule has 0 aromatic heterocycles. The highest BCUT2D eigenvalue weighted by molar-refractivity contribution is 6.74. The van der Waals surface area contributed by atoms with Crippen molar-refractivity contribution in [3.8, 4) is 12.1 Å². The summed E-state index contributed by atoms with van der Waals surface area (Å²) in [6.07, 6.45) is 4.65. The third-order valence-corrected chi connectivity index (χ3v) is 11.9. The molecule has 4 nitrogen and oxygen atoms in total. The number of nitriles is 2. The lowest BCUT2D eigenvalue weighted by molar-refractivity contribution is -0.137. The zero-order valence-corrected chi connectivity index (χ0v) is 20.7. The van der Waals surface area contributed by atoms with E-state index in [1.54, 1.807) is 6.08 Å². The van der Waals surface area contributed by atoms with Crippen molar-refractivity contribution in [2.24, 2.45) is 10.8 Å². The van der Waals surface area contributed by atoms with E-state index < -0.39 is 25.1 Å². The van der Waals surface area contributed by atoms with Gasteiger partial charge in [-0.15, -0.1) is 6.58 Å². The van der Waals surface area contributed by atoms with Crippen LogP contribution in [0.2, 0.25) is 18.1 Å². The Balaban J connectivity index is 2.71. The van der Waals surface area contributed by atoms with E-state index in [0.29, 0.717) is 12.8 Å². The van der Waals surface area contributed by atoms with Crippen LogP contribution < -0.4 is 0 Å². The third kappa shape index (κ3) is 4.84. The molecule has 0 bridgehead atoms. The van der Waals surface area contributed by atoms with Gasteiger partial charge >= 0.3 is 0 Å². The first-order chi connectivity index (χ1) is 14.5. The van der Waals surface area contributed by atoms with Gasteiger partial charge in [-0.25, -0.2) is 0 Å². The normalized spacial score (nSPS) is 21.1. The number of hydrogen-bond donors (Lipinski definition) is 0. The predicted molar refractivity (Wildman–Crippen MR) is 127 cm³/mol. The van der Waals surface area contributed by atoms with Crippen LogP contribution in [-0.4, -0.2) is 20.7 Å². The summed E-state index contributed by atoms with van der Waals surface area (Å²) < 4.78 is 6.65. The van der Waals surface area contributed by atoms with Crippen molar-refractivity contribution in [1.29, 1.82) is 10.5 Å². The lowest BCUT2D eigenvalue weighted by Crippen LogP contribution is -2.52. The molecular weight excluding hydrogens is 400 g/mol. The molecule has 2 rings (SSSR count). The minimum Gasteiger partial charge on any atom is -0.416 e. The quantitative estimate of drug-likeness (QED) is 0.343. The molecule has 0 saturated heterocycles. The van der Waals surface area contributed by atoms with Crippen LogP contribution in [0, 0.1) is 33.5 Å². The Kier molecular flexibility index (Phi) is 7.69. The van der Waals surface area contributed by atoms with Crippen LogP contribution in [0.15, 0.2) is 43.0 Å². The summed E-state index contributed by atoms with van der Waals surface area (Å²) in [5.41, 5.74) is -1.43. The van der Waals surface area contributed by atoms with Gasteiger partial charge in [0.05, 0.1) is 17.6 Å². The molecule has 1 aliphatic rings. The lowest BCUT2D eigenvalue weighted by atomic mass is 9.54. The number of benzene rings is 1. The van der Waals surface area contributed by atoms with Crippen molar-refractivity contribution in [2.45, 2.75) is 76.9 Å². The maximum absolute atomic E-state index is 13.7. The molecule has 0 spiro atoms. The summed E-state index contributed by atoms with van der Waals surface area (Å²) in [5, 5.41) is 20.5. The molecule has 166 valence electrons. The Morgan fingerprint density at radius 1 is 1.19 bits per heavy atom. The predicted octanol–water partition coefficient (Wildman–Crippen LogP) is 6.53. The van der Waals surface area contributed by atoms with Crippen LogP contribution in [0.1, 0.15) is 64.4 Å². The highest BCUT2D eigenvalue weighted by Gasteiger charge is 2.57. The van der Waals surface area contributed by atoms with E-state index in [0.717, 1.165) is 18.4 Å². The van der Waals surface area contributed by atoms with Crippen molar-refractivity contribution < 1.29 is 9.22 Å². The highest BCUT2D eigenvalue weighted by atomic mass is 28.4. The monoisotopic (exact) mass is 436 g/mol. The summed E-state index contributed by atoms with van der Waals surface area (Å²) in [6, 6.07) is 14.2. The van der Waals surface area contributed by atoms with Crippen LogP contribution in [0.4, 0.5) is 0 Å². The Labute approximate surface area is 189 Å². The average molecular weight is 437 g/mol. The Morgan fingerprint density at radius 2 is 1.81 bits per heavy atom. The molecule has 0 amide bonds. The van der Waals surface area contributed by atoms with E-state index in [9.17, 15) is 15.3 Å². The van der Waals surface area contributed by atoms with E-state index in [-0.39, 0.29) is 23.8 Å². The summed E-state index contributed by atoms with van der Waals surface area (Å²) >= 11 is 0. The second-order valence-electron chi connectivity index (χ2n) is 10.4. The zero-order chi connectivity index (χ0) is 23.3. The lowest BCUT2D eigenvalue weighted by Gasteiger charge is -2.48. The molecule has 1 fully saturated rings. The standard InChI is InChI=1S/C26H36N2O2Si/c1-7-16-25(18-27,19-28)23(21-13-9-8-10-14-21)26(17-12-11-15-22(26)29)20-30-31(5,6)24(2,3)4/h7-10,13-14,23H,1,11-12,15-17,20H2,2-6H3/t23-,26+/m0/s1. The number of Topliss-reactive ketones (excluding diaryl/α,β-unsaturated/α-hetero) is 1. The van der Waals surface area contributed by atoms with E-state index in [2.05, 4.69) is 52.6 Å². The summed E-state index contributed by atoms with van der Waals surface area (Å²) in [5.74, 6) is -0.461. The molecule has 0 aliphatic heterocycles. The van der Waals surface area contributed by atoms with Crippen LogP contribution in [0.25, 0.3) is 0 Å². The first-order valence-corrected chi connectivity index (χ1v) is 14.1. The van der Waals surface area contributed by atoms with Crippen molar-refractivity contribution >= 4 is 14.1 Å². The van der Waals surface area contributed by atoms with Crippen molar-refractivity contribution in [1.82, 2.24) is 0 Å².